The molecule has 1 atom stereocenters. The average molecular weight is 427 g/mol. The van der Waals surface area contributed by atoms with Crippen LogP contribution >= 0.6 is 19.7 Å². The van der Waals surface area contributed by atoms with Crippen LogP contribution in [0.5, 0.6) is 17.2 Å². The second kappa shape index (κ2) is 10.6. The van der Waals surface area contributed by atoms with Crippen molar-refractivity contribution in [2.45, 2.75) is 23.2 Å². The fraction of sp³-hybridized carbons (Fsp3) is 0.250. The molecule has 29 heavy (non-hydrogen) atoms. The molecule has 0 aromatic heterocycles. The van der Waals surface area contributed by atoms with Gasteiger partial charge in [-0.15, -0.1) is 11.8 Å². The van der Waals surface area contributed by atoms with Gasteiger partial charge >= 0.3 is 0 Å². The van der Waals surface area contributed by atoms with Crippen LogP contribution in [-0.2, 0) is 0 Å². The van der Waals surface area contributed by atoms with Crippen molar-refractivity contribution in [3.05, 3.63) is 72.8 Å². The van der Waals surface area contributed by atoms with E-state index >= 15 is 0 Å². The predicted molar refractivity (Wildman–Crippen MR) is 125 cm³/mol. The summed E-state index contributed by atoms with van der Waals surface area (Å²) in [5.74, 6) is 2.75. The lowest BCUT2D eigenvalue weighted by molar-refractivity contribution is 0.405. The van der Waals surface area contributed by atoms with Crippen molar-refractivity contribution in [2.24, 2.45) is 0 Å². The van der Waals surface area contributed by atoms with E-state index in [0.29, 0.717) is 4.99 Å². The number of hydrogen-bond acceptors (Lipinski definition) is 4. The molecule has 0 heterocycles. The highest BCUT2D eigenvalue weighted by atomic mass is 32.2. The summed E-state index contributed by atoms with van der Waals surface area (Å²) in [7, 11) is 4.45. The summed E-state index contributed by atoms with van der Waals surface area (Å²) in [5, 5.41) is 2.45. The summed E-state index contributed by atoms with van der Waals surface area (Å²) in [4.78, 5) is 1.48. The maximum absolute atomic E-state index is 5.75. The van der Waals surface area contributed by atoms with Crippen LogP contribution in [0.1, 0.15) is 13.3 Å². The van der Waals surface area contributed by atoms with Gasteiger partial charge in [-0.2, -0.15) is 0 Å². The number of rotatable bonds is 9. The highest BCUT2D eigenvalue weighted by Crippen LogP contribution is 2.53. The lowest BCUT2D eigenvalue weighted by Crippen LogP contribution is -2.22. The van der Waals surface area contributed by atoms with Gasteiger partial charge in [-0.25, -0.2) is 0 Å². The van der Waals surface area contributed by atoms with Crippen molar-refractivity contribution in [2.75, 3.05) is 21.3 Å². The van der Waals surface area contributed by atoms with Crippen molar-refractivity contribution < 1.29 is 14.2 Å². The fourth-order valence-corrected chi connectivity index (χ4v) is 8.15. The third-order valence-electron chi connectivity index (χ3n) is 4.66. The minimum absolute atomic E-state index is 0.328. The molecule has 0 saturated carbocycles. The van der Waals surface area contributed by atoms with Crippen molar-refractivity contribution in [1.29, 1.82) is 0 Å². The molecule has 5 heteroatoms. The molecule has 0 bridgehead atoms. The van der Waals surface area contributed by atoms with Crippen LogP contribution in [-0.4, -0.2) is 26.3 Å². The van der Waals surface area contributed by atoms with Gasteiger partial charge in [-0.3, -0.25) is 0 Å². The van der Waals surface area contributed by atoms with Gasteiger partial charge in [-0.05, 0) is 38.6 Å². The van der Waals surface area contributed by atoms with Crippen LogP contribution in [0.3, 0.4) is 0 Å². The summed E-state index contributed by atoms with van der Waals surface area (Å²) in [5.41, 5.74) is 0. The normalized spacial score (nSPS) is 11.9. The molecule has 0 amide bonds. The average Bonchev–Trinajstić information content (AvgIpc) is 2.79. The minimum atomic E-state index is -0.751. The molecule has 0 aliphatic rings. The number of methoxy groups -OCH3 is 3. The fourth-order valence-electron chi connectivity index (χ4n) is 3.28. The van der Waals surface area contributed by atoms with Crippen LogP contribution in [0.25, 0.3) is 0 Å². The molecule has 0 radical (unpaired) electrons. The largest absolute Gasteiger partial charge is 0.496 e. The smallest absolute Gasteiger partial charge is 0.132 e. The van der Waals surface area contributed by atoms with Crippen LogP contribution in [0.4, 0.5) is 0 Å². The van der Waals surface area contributed by atoms with E-state index in [2.05, 4.69) is 43.3 Å². The molecule has 3 rings (SSSR count). The van der Waals surface area contributed by atoms with E-state index in [4.69, 9.17) is 14.2 Å². The summed E-state index contributed by atoms with van der Waals surface area (Å²) in [6.07, 6.45) is 1.00. The van der Waals surface area contributed by atoms with E-state index < -0.39 is 7.92 Å². The Bertz CT molecular complexity index is 884. The Kier molecular flexibility index (Phi) is 7.85. The van der Waals surface area contributed by atoms with Crippen molar-refractivity contribution in [1.82, 2.24) is 0 Å². The molecule has 0 aliphatic heterocycles. The van der Waals surface area contributed by atoms with E-state index in [9.17, 15) is 0 Å². The molecular formula is C24H27O3PS. The zero-order valence-electron chi connectivity index (χ0n) is 17.3. The Morgan fingerprint density at radius 3 is 1.62 bits per heavy atom. The summed E-state index contributed by atoms with van der Waals surface area (Å²) < 4.78 is 17.1. The Hall–Kier alpha value is -2.16. The van der Waals surface area contributed by atoms with Crippen LogP contribution in [0, 0.1) is 0 Å². The maximum Gasteiger partial charge on any atom is 0.132 e. The number of thioether (sulfide) groups is 1. The van der Waals surface area contributed by atoms with Crippen LogP contribution in [0.15, 0.2) is 77.7 Å². The molecule has 0 N–H and O–H groups in total. The standard InChI is InChI=1S/C24H27O3PS/c1-5-24(29-23-17-11-8-14-20(23)27-4)28(21-15-9-6-12-18(21)25-2)22-16-10-7-13-19(22)26-3/h6-17,24H,5H2,1-4H3. The lowest BCUT2D eigenvalue weighted by atomic mass is 10.3. The van der Waals surface area contributed by atoms with E-state index in [-0.39, 0.29) is 0 Å². The summed E-state index contributed by atoms with van der Waals surface area (Å²) in [6, 6.07) is 24.9. The number of para-hydroxylation sites is 3. The molecular weight excluding hydrogens is 399 g/mol. The molecule has 0 aliphatic carbocycles. The third kappa shape index (κ3) is 4.88. The molecule has 3 aromatic carbocycles. The van der Waals surface area contributed by atoms with Crippen molar-refractivity contribution >= 4 is 30.3 Å². The molecule has 0 fully saturated rings. The first-order chi connectivity index (χ1) is 14.2. The van der Waals surface area contributed by atoms with Gasteiger partial charge in [0.05, 0.1) is 21.3 Å². The zero-order chi connectivity index (χ0) is 20.6. The lowest BCUT2D eigenvalue weighted by Gasteiger charge is -2.30. The Morgan fingerprint density at radius 1 is 0.690 bits per heavy atom. The monoisotopic (exact) mass is 426 g/mol. The summed E-state index contributed by atoms with van der Waals surface area (Å²) in [6.45, 7) is 2.24. The zero-order valence-corrected chi connectivity index (χ0v) is 19.0. The van der Waals surface area contributed by atoms with Gasteiger partial charge < -0.3 is 14.2 Å². The van der Waals surface area contributed by atoms with Gasteiger partial charge in [0, 0.05) is 20.5 Å². The van der Waals surface area contributed by atoms with E-state index in [0.717, 1.165) is 28.6 Å². The molecule has 152 valence electrons. The Morgan fingerprint density at radius 2 is 1.14 bits per heavy atom. The number of benzene rings is 3. The van der Waals surface area contributed by atoms with Gasteiger partial charge in [-0.1, -0.05) is 55.5 Å². The van der Waals surface area contributed by atoms with Crippen molar-refractivity contribution in [3.63, 3.8) is 0 Å². The molecule has 3 aromatic rings. The predicted octanol–water partition coefficient (Wildman–Crippen LogP) is 5.67. The SMILES string of the molecule is CCC(Sc1ccccc1OC)P(c1ccccc1OC)c1ccccc1OC. The van der Waals surface area contributed by atoms with Crippen molar-refractivity contribution in [3.8, 4) is 17.2 Å². The van der Waals surface area contributed by atoms with Gasteiger partial charge in [0.25, 0.3) is 0 Å². The maximum atomic E-state index is 5.75. The Labute approximate surface area is 179 Å². The highest BCUT2D eigenvalue weighted by Gasteiger charge is 2.29. The van der Waals surface area contributed by atoms with E-state index in [1.165, 1.54) is 10.6 Å². The second-order valence-electron chi connectivity index (χ2n) is 6.35. The van der Waals surface area contributed by atoms with Gasteiger partial charge in [0.15, 0.2) is 0 Å². The highest BCUT2D eigenvalue weighted by molar-refractivity contribution is 8.07. The van der Waals surface area contributed by atoms with E-state index in [1.54, 1.807) is 21.3 Å². The van der Waals surface area contributed by atoms with E-state index in [1.807, 2.05) is 48.2 Å². The van der Waals surface area contributed by atoms with Crippen LogP contribution < -0.4 is 24.8 Å². The third-order valence-corrected chi connectivity index (χ3v) is 9.52. The summed E-state index contributed by atoms with van der Waals surface area (Å²) >= 11 is 1.87. The van der Waals surface area contributed by atoms with Gasteiger partial charge in [0.1, 0.15) is 17.2 Å². The second-order valence-corrected chi connectivity index (χ2v) is 10.3. The van der Waals surface area contributed by atoms with Crippen LogP contribution in [0.2, 0.25) is 0 Å². The quantitative estimate of drug-likeness (QED) is 0.325. The molecule has 0 spiro atoms. The molecule has 3 nitrogen and oxygen atoms in total. The molecule has 1 unspecified atom stereocenters. The first-order valence-electron chi connectivity index (χ1n) is 9.58. The topological polar surface area (TPSA) is 27.7 Å². The Balaban J connectivity index is 2.13. The van der Waals surface area contributed by atoms with Gasteiger partial charge in [0.2, 0.25) is 0 Å². The minimum Gasteiger partial charge on any atom is -0.496 e. The first-order valence-corrected chi connectivity index (χ1v) is 11.9. The molecule has 0 saturated heterocycles. The first kappa shape index (κ1) is 21.5. The number of ether oxygens (including phenoxy) is 3. The number of hydrogen-bond donors (Lipinski definition) is 0.